The Morgan fingerprint density at radius 3 is 2.33 bits per heavy atom. The Hall–Kier alpha value is -2.07. The molecule has 0 radical (unpaired) electrons. The molecule has 0 aliphatic heterocycles. The Balaban J connectivity index is 1.87. The van der Waals surface area contributed by atoms with Gasteiger partial charge < -0.3 is 15.4 Å². The summed E-state index contributed by atoms with van der Waals surface area (Å²) < 4.78 is 5.18. The summed E-state index contributed by atoms with van der Waals surface area (Å²) in [6.07, 6.45) is 3.58. The van der Waals surface area contributed by atoms with E-state index >= 15 is 0 Å². The molecule has 3 nitrogen and oxygen atoms in total. The van der Waals surface area contributed by atoms with Crippen molar-refractivity contribution in [3.8, 4) is 5.75 Å². The van der Waals surface area contributed by atoms with Gasteiger partial charge in [0, 0.05) is 5.69 Å². The number of methoxy groups -OCH3 is 1. The molecule has 0 saturated carbocycles. The van der Waals surface area contributed by atoms with Crippen molar-refractivity contribution in [1.82, 2.24) is 5.32 Å². The molecule has 128 valence electrons. The maximum atomic E-state index is 5.42. The van der Waals surface area contributed by atoms with Crippen LogP contribution in [0.3, 0.4) is 0 Å². The Morgan fingerprint density at radius 1 is 1.08 bits per heavy atom. The van der Waals surface area contributed by atoms with E-state index in [1.807, 2.05) is 24.3 Å². The van der Waals surface area contributed by atoms with E-state index in [2.05, 4.69) is 48.7 Å². The van der Waals surface area contributed by atoms with Gasteiger partial charge in [-0.25, -0.2) is 0 Å². The highest BCUT2D eigenvalue weighted by Gasteiger charge is 2.07. The van der Waals surface area contributed by atoms with Crippen LogP contribution >= 0.6 is 12.2 Å². The van der Waals surface area contributed by atoms with Crippen molar-refractivity contribution >= 4 is 23.0 Å². The lowest BCUT2D eigenvalue weighted by atomic mass is 10.1. The SMILES string of the molecule is CCCCc1ccc(NC(=S)NC(C)c2ccc(OC)cc2)cc1. The zero-order valence-corrected chi connectivity index (χ0v) is 15.5. The lowest BCUT2D eigenvalue weighted by molar-refractivity contribution is 0.414. The van der Waals surface area contributed by atoms with Crippen LogP contribution in [0.25, 0.3) is 0 Å². The van der Waals surface area contributed by atoms with E-state index in [-0.39, 0.29) is 6.04 Å². The molecule has 2 N–H and O–H groups in total. The van der Waals surface area contributed by atoms with E-state index in [9.17, 15) is 0 Å². The molecule has 1 atom stereocenters. The monoisotopic (exact) mass is 342 g/mol. The summed E-state index contributed by atoms with van der Waals surface area (Å²) in [5, 5.41) is 7.18. The maximum absolute atomic E-state index is 5.42. The van der Waals surface area contributed by atoms with Crippen molar-refractivity contribution in [2.75, 3.05) is 12.4 Å². The van der Waals surface area contributed by atoms with E-state index in [1.54, 1.807) is 7.11 Å². The van der Waals surface area contributed by atoms with Crippen LogP contribution in [0.5, 0.6) is 5.75 Å². The highest BCUT2D eigenvalue weighted by atomic mass is 32.1. The van der Waals surface area contributed by atoms with Crippen LogP contribution in [0.4, 0.5) is 5.69 Å². The molecule has 0 bridgehead atoms. The van der Waals surface area contributed by atoms with Crippen LogP contribution in [-0.2, 0) is 6.42 Å². The Bertz CT molecular complexity index is 638. The van der Waals surface area contributed by atoms with Crippen molar-refractivity contribution in [3.63, 3.8) is 0 Å². The van der Waals surface area contributed by atoms with Crippen molar-refractivity contribution in [1.29, 1.82) is 0 Å². The van der Waals surface area contributed by atoms with Crippen molar-refractivity contribution in [2.45, 2.75) is 39.2 Å². The van der Waals surface area contributed by atoms with E-state index in [0.717, 1.165) is 23.4 Å². The summed E-state index contributed by atoms with van der Waals surface area (Å²) in [5.41, 5.74) is 3.54. The molecule has 0 aliphatic carbocycles. The van der Waals surface area contributed by atoms with Gasteiger partial charge >= 0.3 is 0 Å². The van der Waals surface area contributed by atoms with Crippen LogP contribution in [0.1, 0.15) is 43.9 Å². The second-order valence-electron chi connectivity index (χ2n) is 5.89. The van der Waals surface area contributed by atoms with Crippen LogP contribution in [0, 0.1) is 0 Å². The van der Waals surface area contributed by atoms with Gasteiger partial charge in [0.1, 0.15) is 5.75 Å². The van der Waals surface area contributed by atoms with E-state index in [4.69, 9.17) is 17.0 Å². The molecule has 0 heterocycles. The molecular weight excluding hydrogens is 316 g/mol. The zero-order valence-electron chi connectivity index (χ0n) is 14.6. The first kappa shape index (κ1) is 18.3. The minimum atomic E-state index is 0.125. The summed E-state index contributed by atoms with van der Waals surface area (Å²) in [4.78, 5) is 0. The third-order valence-electron chi connectivity index (χ3n) is 3.99. The van der Waals surface area contributed by atoms with Crippen LogP contribution in [0.15, 0.2) is 48.5 Å². The number of anilines is 1. The predicted octanol–water partition coefficient (Wildman–Crippen LogP) is 5.09. The molecule has 2 aromatic rings. The number of rotatable bonds is 7. The van der Waals surface area contributed by atoms with Gasteiger partial charge in [0.2, 0.25) is 0 Å². The predicted molar refractivity (Wildman–Crippen MR) is 106 cm³/mol. The first-order valence-corrected chi connectivity index (χ1v) is 8.83. The molecule has 24 heavy (non-hydrogen) atoms. The molecule has 0 aliphatic rings. The Kier molecular flexibility index (Phi) is 7.07. The zero-order chi connectivity index (χ0) is 17.4. The molecule has 0 aromatic heterocycles. The lowest BCUT2D eigenvalue weighted by Crippen LogP contribution is -2.30. The van der Waals surface area contributed by atoms with Gasteiger partial charge in [-0.3, -0.25) is 0 Å². The van der Waals surface area contributed by atoms with E-state index in [1.165, 1.54) is 18.4 Å². The van der Waals surface area contributed by atoms with Gasteiger partial charge in [-0.1, -0.05) is 37.6 Å². The van der Waals surface area contributed by atoms with Gasteiger partial charge in [0.25, 0.3) is 0 Å². The fourth-order valence-electron chi connectivity index (χ4n) is 2.48. The standard InChI is InChI=1S/C20H26N2OS/c1-4-5-6-16-7-11-18(12-8-16)22-20(24)21-15(2)17-9-13-19(23-3)14-10-17/h7-15H,4-6H2,1-3H3,(H2,21,22,24). The van der Waals surface area contributed by atoms with Crippen molar-refractivity contribution < 1.29 is 4.74 Å². The first-order valence-electron chi connectivity index (χ1n) is 8.42. The summed E-state index contributed by atoms with van der Waals surface area (Å²) in [7, 11) is 1.67. The third kappa shape index (κ3) is 5.53. The first-order chi connectivity index (χ1) is 11.6. The molecule has 0 amide bonds. The van der Waals surface area contributed by atoms with Crippen molar-refractivity contribution in [3.05, 3.63) is 59.7 Å². The quantitative estimate of drug-likeness (QED) is 0.687. The summed E-state index contributed by atoms with van der Waals surface area (Å²) >= 11 is 5.42. The number of nitrogens with one attached hydrogen (secondary N) is 2. The van der Waals surface area contributed by atoms with Crippen LogP contribution < -0.4 is 15.4 Å². The molecule has 0 fully saturated rings. The molecular formula is C20H26N2OS. The minimum absolute atomic E-state index is 0.125. The fourth-order valence-corrected chi connectivity index (χ4v) is 2.77. The van der Waals surface area contributed by atoms with Gasteiger partial charge in [-0.2, -0.15) is 0 Å². The topological polar surface area (TPSA) is 33.3 Å². The second kappa shape index (κ2) is 9.28. The Morgan fingerprint density at radius 2 is 1.75 bits per heavy atom. The smallest absolute Gasteiger partial charge is 0.171 e. The molecule has 0 spiro atoms. The lowest BCUT2D eigenvalue weighted by Gasteiger charge is -2.18. The summed E-state index contributed by atoms with van der Waals surface area (Å²) in [6, 6.07) is 16.6. The Labute approximate surface area is 150 Å². The molecule has 2 rings (SSSR count). The molecule has 2 aromatic carbocycles. The normalized spacial score (nSPS) is 11.6. The third-order valence-corrected chi connectivity index (χ3v) is 4.21. The van der Waals surface area contributed by atoms with Gasteiger partial charge in [0.15, 0.2) is 5.11 Å². The van der Waals surface area contributed by atoms with Crippen molar-refractivity contribution in [2.24, 2.45) is 0 Å². The molecule has 4 heteroatoms. The number of hydrogen-bond acceptors (Lipinski definition) is 2. The van der Waals surface area contributed by atoms with E-state index < -0.39 is 0 Å². The van der Waals surface area contributed by atoms with Gasteiger partial charge in [-0.05, 0) is 67.4 Å². The summed E-state index contributed by atoms with van der Waals surface area (Å²) in [5.74, 6) is 0.856. The minimum Gasteiger partial charge on any atom is -0.497 e. The fraction of sp³-hybridized carbons (Fsp3) is 0.350. The molecule has 1 unspecified atom stereocenters. The number of aryl methyl sites for hydroxylation is 1. The number of hydrogen-bond donors (Lipinski definition) is 2. The molecule has 0 saturated heterocycles. The average molecular weight is 343 g/mol. The number of benzene rings is 2. The van der Waals surface area contributed by atoms with Gasteiger partial charge in [0.05, 0.1) is 13.2 Å². The van der Waals surface area contributed by atoms with Crippen LogP contribution in [-0.4, -0.2) is 12.2 Å². The maximum Gasteiger partial charge on any atom is 0.171 e. The van der Waals surface area contributed by atoms with Crippen LogP contribution in [0.2, 0.25) is 0 Å². The summed E-state index contributed by atoms with van der Waals surface area (Å²) in [6.45, 7) is 4.30. The van der Waals surface area contributed by atoms with Gasteiger partial charge in [-0.15, -0.1) is 0 Å². The number of thiocarbonyl (C=S) groups is 1. The highest BCUT2D eigenvalue weighted by molar-refractivity contribution is 7.80. The number of ether oxygens (including phenoxy) is 1. The largest absolute Gasteiger partial charge is 0.497 e. The number of unbranched alkanes of at least 4 members (excludes halogenated alkanes) is 1. The highest BCUT2D eigenvalue weighted by Crippen LogP contribution is 2.18. The van der Waals surface area contributed by atoms with E-state index in [0.29, 0.717) is 5.11 Å². The average Bonchev–Trinajstić information content (AvgIpc) is 2.61. The second-order valence-corrected chi connectivity index (χ2v) is 6.30.